The molecular weight excluding hydrogens is 228 g/mol. The molecule has 4 nitrogen and oxygen atoms in total. The van der Waals surface area contributed by atoms with E-state index in [9.17, 15) is 4.79 Å². The zero-order valence-corrected chi connectivity index (χ0v) is 10.4. The van der Waals surface area contributed by atoms with Crippen molar-refractivity contribution in [2.45, 2.75) is 20.5 Å². The highest BCUT2D eigenvalue weighted by Gasteiger charge is 2.07. The number of carbonyl (C=O) groups is 1. The van der Waals surface area contributed by atoms with Crippen molar-refractivity contribution in [3.8, 4) is 11.4 Å². The summed E-state index contributed by atoms with van der Waals surface area (Å²) >= 11 is 0. The number of carbonyl (C=O) groups excluding carboxylic acids is 1. The maximum Gasteiger partial charge on any atom is 0.303 e. The van der Waals surface area contributed by atoms with E-state index < -0.39 is 0 Å². The van der Waals surface area contributed by atoms with Gasteiger partial charge in [-0.15, -0.1) is 0 Å². The van der Waals surface area contributed by atoms with Crippen molar-refractivity contribution in [3.63, 3.8) is 0 Å². The third kappa shape index (κ3) is 2.91. The molecular formula is C14H14N2O2. The predicted octanol–water partition coefficient (Wildman–Crippen LogP) is 2.52. The average molecular weight is 242 g/mol. The van der Waals surface area contributed by atoms with Crippen molar-refractivity contribution in [2.24, 2.45) is 0 Å². The van der Waals surface area contributed by atoms with E-state index in [4.69, 9.17) is 4.74 Å². The van der Waals surface area contributed by atoms with Crippen molar-refractivity contribution in [2.75, 3.05) is 0 Å². The molecule has 0 radical (unpaired) electrons. The first-order valence-electron chi connectivity index (χ1n) is 5.68. The van der Waals surface area contributed by atoms with Gasteiger partial charge in [-0.05, 0) is 30.7 Å². The van der Waals surface area contributed by atoms with Crippen molar-refractivity contribution < 1.29 is 9.53 Å². The molecule has 0 bridgehead atoms. The van der Waals surface area contributed by atoms with Gasteiger partial charge >= 0.3 is 5.97 Å². The molecule has 0 saturated heterocycles. The Bertz CT molecular complexity index is 553. The van der Waals surface area contributed by atoms with E-state index in [1.807, 2.05) is 37.3 Å². The first-order valence-corrected chi connectivity index (χ1v) is 5.68. The summed E-state index contributed by atoms with van der Waals surface area (Å²) in [4.78, 5) is 19.5. The third-order valence-corrected chi connectivity index (χ3v) is 2.49. The average Bonchev–Trinajstić information content (AvgIpc) is 2.38. The Hall–Kier alpha value is -2.23. The van der Waals surface area contributed by atoms with Crippen LogP contribution in [0, 0.1) is 6.92 Å². The fourth-order valence-electron chi connectivity index (χ4n) is 1.59. The normalized spacial score (nSPS) is 10.1. The van der Waals surface area contributed by atoms with Gasteiger partial charge in [0.05, 0.1) is 17.1 Å². The molecule has 0 aliphatic rings. The lowest BCUT2D eigenvalue weighted by molar-refractivity contribution is -0.142. The van der Waals surface area contributed by atoms with Crippen molar-refractivity contribution in [1.29, 1.82) is 0 Å². The van der Waals surface area contributed by atoms with Gasteiger partial charge in [-0.3, -0.25) is 9.78 Å². The van der Waals surface area contributed by atoms with E-state index in [-0.39, 0.29) is 12.6 Å². The first kappa shape index (κ1) is 12.2. The number of esters is 1. The van der Waals surface area contributed by atoms with Gasteiger partial charge in [0.15, 0.2) is 0 Å². The van der Waals surface area contributed by atoms with Crippen LogP contribution in [-0.4, -0.2) is 15.9 Å². The Morgan fingerprint density at radius 3 is 2.78 bits per heavy atom. The molecule has 0 amide bonds. The lowest BCUT2D eigenvalue weighted by atomic mass is 10.1. The second kappa shape index (κ2) is 5.40. The highest BCUT2D eigenvalue weighted by molar-refractivity contribution is 5.66. The summed E-state index contributed by atoms with van der Waals surface area (Å²) in [7, 11) is 0. The van der Waals surface area contributed by atoms with Crippen LogP contribution in [0.2, 0.25) is 0 Å². The Morgan fingerprint density at radius 1 is 1.28 bits per heavy atom. The molecule has 2 heterocycles. The second-order valence-electron chi connectivity index (χ2n) is 3.96. The Balaban J connectivity index is 2.30. The summed E-state index contributed by atoms with van der Waals surface area (Å²) in [5.41, 5.74) is 3.40. The van der Waals surface area contributed by atoms with Crippen molar-refractivity contribution in [3.05, 3.63) is 47.8 Å². The number of nitrogens with zero attached hydrogens (tertiary/aromatic N) is 2. The van der Waals surface area contributed by atoms with Crippen molar-refractivity contribution in [1.82, 2.24) is 9.97 Å². The lowest BCUT2D eigenvalue weighted by Crippen LogP contribution is -2.02. The van der Waals surface area contributed by atoms with Crippen LogP contribution in [0.25, 0.3) is 11.4 Å². The standard InChI is InChI=1S/C14H14N2O2/c1-10-6-7-12(9-18-11(2)17)16-14(10)13-5-3-4-8-15-13/h3-8H,9H2,1-2H3. The molecule has 92 valence electrons. The zero-order valence-electron chi connectivity index (χ0n) is 10.4. The maximum atomic E-state index is 10.8. The van der Waals surface area contributed by atoms with E-state index in [2.05, 4.69) is 9.97 Å². The van der Waals surface area contributed by atoms with E-state index in [1.54, 1.807) is 6.20 Å². The number of hydrogen-bond donors (Lipinski definition) is 0. The molecule has 0 aromatic carbocycles. The first-order chi connectivity index (χ1) is 8.66. The number of hydrogen-bond acceptors (Lipinski definition) is 4. The molecule has 0 atom stereocenters. The van der Waals surface area contributed by atoms with Crippen LogP contribution in [0.5, 0.6) is 0 Å². The predicted molar refractivity (Wildman–Crippen MR) is 67.7 cm³/mol. The molecule has 0 aliphatic carbocycles. The molecule has 0 aliphatic heterocycles. The molecule has 0 fully saturated rings. The molecule has 4 heteroatoms. The summed E-state index contributed by atoms with van der Waals surface area (Å²) in [6.07, 6.45) is 1.73. The summed E-state index contributed by atoms with van der Waals surface area (Å²) < 4.78 is 4.94. The smallest absolute Gasteiger partial charge is 0.303 e. The van der Waals surface area contributed by atoms with Crippen LogP contribution in [0.3, 0.4) is 0 Å². The number of rotatable bonds is 3. The Labute approximate surface area is 106 Å². The summed E-state index contributed by atoms with van der Waals surface area (Å²) in [5, 5.41) is 0. The molecule has 0 N–H and O–H groups in total. The van der Waals surface area contributed by atoms with Crippen LogP contribution in [0.4, 0.5) is 0 Å². The van der Waals surface area contributed by atoms with Crippen LogP contribution >= 0.6 is 0 Å². The minimum atomic E-state index is -0.309. The van der Waals surface area contributed by atoms with Gasteiger partial charge in [-0.2, -0.15) is 0 Å². The highest BCUT2D eigenvalue weighted by atomic mass is 16.5. The minimum absolute atomic E-state index is 0.190. The van der Waals surface area contributed by atoms with Gasteiger partial charge in [-0.1, -0.05) is 12.1 Å². The van der Waals surface area contributed by atoms with Crippen LogP contribution < -0.4 is 0 Å². The van der Waals surface area contributed by atoms with Gasteiger partial charge in [0.25, 0.3) is 0 Å². The van der Waals surface area contributed by atoms with Crippen LogP contribution in [0.15, 0.2) is 36.5 Å². The number of pyridine rings is 2. The van der Waals surface area contributed by atoms with Crippen molar-refractivity contribution >= 4 is 5.97 Å². The Morgan fingerprint density at radius 2 is 2.11 bits per heavy atom. The molecule has 0 unspecified atom stereocenters. The van der Waals surface area contributed by atoms with Gasteiger partial charge < -0.3 is 4.74 Å². The monoisotopic (exact) mass is 242 g/mol. The van der Waals surface area contributed by atoms with E-state index in [0.29, 0.717) is 0 Å². The fourth-order valence-corrected chi connectivity index (χ4v) is 1.59. The third-order valence-electron chi connectivity index (χ3n) is 2.49. The number of ether oxygens (including phenoxy) is 1. The second-order valence-corrected chi connectivity index (χ2v) is 3.96. The Kier molecular flexibility index (Phi) is 3.67. The van der Waals surface area contributed by atoms with Gasteiger partial charge in [0.1, 0.15) is 6.61 Å². The van der Waals surface area contributed by atoms with Crippen LogP contribution in [0.1, 0.15) is 18.2 Å². The highest BCUT2D eigenvalue weighted by Crippen LogP contribution is 2.19. The van der Waals surface area contributed by atoms with E-state index in [0.717, 1.165) is 22.6 Å². The summed E-state index contributed by atoms with van der Waals surface area (Å²) in [6.45, 7) is 3.55. The molecule has 0 saturated carbocycles. The maximum absolute atomic E-state index is 10.8. The SMILES string of the molecule is CC(=O)OCc1ccc(C)c(-c2ccccn2)n1. The topological polar surface area (TPSA) is 52.1 Å². The largest absolute Gasteiger partial charge is 0.459 e. The fraction of sp³-hybridized carbons (Fsp3) is 0.214. The minimum Gasteiger partial charge on any atom is -0.459 e. The van der Waals surface area contributed by atoms with E-state index in [1.165, 1.54) is 6.92 Å². The van der Waals surface area contributed by atoms with Crippen LogP contribution in [-0.2, 0) is 16.1 Å². The molecule has 18 heavy (non-hydrogen) atoms. The van der Waals surface area contributed by atoms with Gasteiger partial charge in [-0.25, -0.2) is 4.98 Å². The molecule has 2 aromatic heterocycles. The summed E-state index contributed by atoms with van der Waals surface area (Å²) in [6, 6.07) is 9.50. The lowest BCUT2D eigenvalue weighted by Gasteiger charge is -2.07. The molecule has 2 aromatic rings. The summed E-state index contributed by atoms with van der Waals surface area (Å²) in [5.74, 6) is -0.309. The van der Waals surface area contributed by atoms with Gasteiger partial charge in [0.2, 0.25) is 0 Å². The quantitative estimate of drug-likeness (QED) is 0.776. The molecule has 2 rings (SSSR count). The van der Waals surface area contributed by atoms with E-state index >= 15 is 0 Å². The number of aryl methyl sites for hydroxylation is 1. The number of aromatic nitrogens is 2. The molecule has 0 spiro atoms. The van der Waals surface area contributed by atoms with Gasteiger partial charge in [0, 0.05) is 13.1 Å². The zero-order chi connectivity index (χ0) is 13.0.